The van der Waals surface area contributed by atoms with E-state index in [-0.39, 0.29) is 6.29 Å². The lowest BCUT2D eigenvalue weighted by molar-refractivity contribution is -0.0480. The van der Waals surface area contributed by atoms with Gasteiger partial charge in [-0.15, -0.1) is 0 Å². The van der Waals surface area contributed by atoms with E-state index in [9.17, 15) is 0 Å². The summed E-state index contributed by atoms with van der Waals surface area (Å²) in [4.78, 5) is 0. The quantitative estimate of drug-likeness (QED) is 0.388. The largest absolute Gasteiger partial charge is 0.350 e. The fraction of sp³-hybridized carbons (Fsp3) is 0.875. The van der Waals surface area contributed by atoms with Gasteiger partial charge in [0.15, 0.2) is 6.29 Å². The minimum absolute atomic E-state index is 0.100. The maximum absolute atomic E-state index is 5.41. The number of hydrogen-bond donors (Lipinski definition) is 0. The van der Waals surface area contributed by atoms with E-state index in [1.165, 1.54) is 57.8 Å². The first-order valence-corrected chi connectivity index (χ1v) is 7.81. The third-order valence-corrected chi connectivity index (χ3v) is 3.39. The van der Waals surface area contributed by atoms with Crippen molar-refractivity contribution in [3.05, 3.63) is 12.2 Å². The van der Waals surface area contributed by atoms with E-state index in [1.807, 2.05) is 0 Å². The first-order valence-electron chi connectivity index (χ1n) is 7.81. The van der Waals surface area contributed by atoms with E-state index in [1.54, 1.807) is 0 Å². The molecule has 106 valence electrons. The van der Waals surface area contributed by atoms with Crippen LogP contribution in [0, 0.1) is 0 Å². The molecule has 1 aliphatic heterocycles. The van der Waals surface area contributed by atoms with Crippen LogP contribution in [0.25, 0.3) is 0 Å². The number of allylic oxidation sites excluding steroid dienone is 2. The molecular weight excluding hydrogens is 224 g/mol. The second-order valence-corrected chi connectivity index (χ2v) is 5.13. The number of ether oxygens (including phenoxy) is 2. The van der Waals surface area contributed by atoms with Gasteiger partial charge in [0.25, 0.3) is 0 Å². The standard InChI is InChI=1S/C16H30O2/c1-2-3-4-5-6-7-8-9-10-11-12-13-16-17-14-15-18-16/h6-7,16H,2-5,8-15H2,1H3. The van der Waals surface area contributed by atoms with Gasteiger partial charge < -0.3 is 9.47 Å². The zero-order chi connectivity index (χ0) is 12.9. The van der Waals surface area contributed by atoms with Gasteiger partial charge in [-0.3, -0.25) is 0 Å². The maximum Gasteiger partial charge on any atom is 0.157 e. The zero-order valence-corrected chi connectivity index (χ0v) is 12.0. The molecule has 0 saturated carbocycles. The molecule has 0 aromatic rings. The van der Waals surface area contributed by atoms with Crippen molar-refractivity contribution in [2.45, 2.75) is 77.4 Å². The van der Waals surface area contributed by atoms with Crippen molar-refractivity contribution in [1.82, 2.24) is 0 Å². The van der Waals surface area contributed by atoms with Crippen molar-refractivity contribution < 1.29 is 9.47 Å². The topological polar surface area (TPSA) is 18.5 Å². The second kappa shape index (κ2) is 11.7. The summed E-state index contributed by atoms with van der Waals surface area (Å²) in [7, 11) is 0. The van der Waals surface area contributed by atoms with E-state index in [2.05, 4.69) is 19.1 Å². The molecule has 18 heavy (non-hydrogen) atoms. The van der Waals surface area contributed by atoms with Crippen molar-refractivity contribution in [1.29, 1.82) is 0 Å². The van der Waals surface area contributed by atoms with Crippen molar-refractivity contribution >= 4 is 0 Å². The molecule has 1 heterocycles. The molecule has 1 rings (SSSR count). The summed E-state index contributed by atoms with van der Waals surface area (Å²) in [6, 6.07) is 0. The molecule has 0 atom stereocenters. The van der Waals surface area contributed by atoms with Crippen LogP contribution in [0.15, 0.2) is 12.2 Å². The molecule has 0 aromatic carbocycles. The first kappa shape index (κ1) is 15.7. The summed E-state index contributed by atoms with van der Waals surface area (Å²) >= 11 is 0. The Hall–Kier alpha value is -0.340. The third kappa shape index (κ3) is 8.71. The minimum atomic E-state index is 0.100. The van der Waals surface area contributed by atoms with Gasteiger partial charge in [-0.1, -0.05) is 44.8 Å². The van der Waals surface area contributed by atoms with Crippen LogP contribution in [0.2, 0.25) is 0 Å². The predicted molar refractivity (Wildman–Crippen MR) is 76.7 cm³/mol. The second-order valence-electron chi connectivity index (χ2n) is 5.13. The van der Waals surface area contributed by atoms with Gasteiger partial charge in [-0.25, -0.2) is 0 Å². The van der Waals surface area contributed by atoms with Gasteiger partial charge in [0, 0.05) is 0 Å². The Morgan fingerprint density at radius 2 is 1.44 bits per heavy atom. The minimum Gasteiger partial charge on any atom is -0.350 e. The Labute approximate surface area is 113 Å². The average Bonchev–Trinajstić information content (AvgIpc) is 2.89. The lowest BCUT2D eigenvalue weighted by atomic mass is 10.1. The van der Waals surface area contributed by atoms with Crippen molar-refractivity contribution in [2.24, 2.45) is 0 Å². The summed E-state index contributed by atoms with van der Waals surface area (Å²) in [5.74, 6) is 0. The average molecular weight is 254 g/mol. The molecule has 0 unspecified atom stereocenters. The van der Waals surface area contributed by atoms with Gasteiger partial charge in [0.05, 0.1) is 13.2 Å². The highest BCUT2D eigenvalue weighted by Crippen LogP contribution is 2.13. The summed E-state index contributed by atoms with van der Waals surface area (Å²) in [6.45, 7) is 3.83. The Morgan fingerprint density at radius 1 is 0.833 bits per heavy atom. The molecule has 0 amide bonds. The van der Waals surface area contributed by atoms with Gasteiger partial charge in [0.1, 0.15) is 0 Å². The smallest absolute Gasteiger partial charge is 0.157 e. The van der Waals surface area contributed by atoms with E-state index < -0.39 is 0 Å². The summed E-state index contributed by atoms with van der Waals surface area (Å²) < 4.78 is 10.8. The van der Waals surface area contributed by atoms with Crippen LogP contribution in [0.3, 0.4) is 0 Å². The lowest BCUT2D eigenvalue weighted by Crippen LogP contribution is -2.06. The Bertz CT molecular complexity index is 195. The third-order valence-electron chi connectivity index (χ3n) is 3.39. The zero-order valence-electron chi connectivity index (χ0n) is 12.0. The van der Waals surface area contributed by atoms with Crippen LogP contribution in [-0.2, 0) is 9.47 Å². The first-order chi connectivity index (χ1) is 8.93. The van der Waals surface area contributed by atoms with Crippen molar-refractivity contribution in [3.63, 3.8) is 0 Å². The molecule has 1 fully saturated rings. The van der Waals surface area contributed by atoms with Gasteiger partial charge in [0.2, 0.25) is 0 Å². The molecule has 1 aliphatic rings. The van der Waals surface area contributed by atoms with Crippen LogP contribution in [-0.4, -0.2) is 19.5 Å². The van der Waals surface area contributed by atoms with Crippen LogP contribution in [0.5, 0.6) is 0 Å². The van der Waals surface area contributed by atoms with E-state index in [4.69, 9.17) is 9.47 Å². The molecular formula is C16H30O2. The van der Waals surface area contributed by atoms with Crippen LogP contribution in [0.1, 0.15) is 71.1 Å². The van der Waals surface area contributed by atoms with E-state index in [0.29, 0.717) is 0 Å². The van der Waals surface area contributed by atoms with Gasteiger partial charge >= 0.3 is 0 Å². The number of hydrogen-bond acceptors (Lipinski definition) is 2. The van der Waals surface area contributed by atoms with Crippen LogP contribution in [0.4, 0.5) is 0 Å². The Kier molecular flexibility index (Phi) is 10.2. The molecule has 0 aliphatic carbocycles. The Balaban J connectivity index is 1.75. The molecule has 2 heteroatoms. The molecule has 0 radical (unpaired) electrons. The molecule has 2 nitrogen and oxygen atoms in total. The highest BCUT2D eigenvalue weighted by atomic mass is 16.7. The monoisotopic (exact) mass is 254 g/mol. The Morgan fingerprint density at radius 3 is 2.11 bits per heavy atom. The van der Waals surface area contributed by atoms with Gasteiger partial charge in [-0.05, 0) is 38.5 Å². The molecule has 0 bridgehead atoms. The van der Waals surface area contributed by atoms with Crippen molar-refractivity contribution in [3.8, 4) is 0 Å². The SMILES string of the molecule is CCCCCC=CCCCCCCC1OCCO1. The lowest BCUT2D eigenvalue weighted by Gasteiger charge is -2.07. The highest BCUT2D eigenvalue weighted by Gasteiger charge is 2.14. The van der Waals surface area contributed by atoms with Crippen LogP contribution < -0.4 is 0 Å². The normalized spacial score (nSPS) is 16.9. The molecule has 1 saturated heterocycles. The molecule has 0 aromatic heterocycles. The van der Waals surface area contributed by atoms with E-state index in [0.717, 1.165) is 19.6 Å². The number of unbranched alkanes of at least 4 members (excludes halogenated alkanes) is 7. The van der Waals surface area contributed by atoms with E-state index >= 15 is 0 Å². The predicted octanol–water partition coefficient (Wildman–Crippen LogP) is 4.84. The van der Waals surface area contributed by atoms with Gasteiger partial charge in [-0.2, -0.15) is 0 Å². The fourth-order valence-corrected chi connectivity index (χ4v) is 2.25. The number of rotatable bonds is 11. The van der Waals surface area contributed by atoms with Crippen LogP contribution >= 0.6 is 0 Å². The molecule has 0 spiro atoms. The highest BCUT2D eigenvalue weighted by molar-refractivity contribution is 4.81. The van der Waals surface area contributed by atoms with Crippen molar-refractivity contribution in [2.75, 3.05) is 13.2 Å². The maximum atomic E-state index is 5.41. The summed E-state index contributed by atoms with van der Waals surface area (Å²) in [5, 5.41) is 0. The molecule has 0 N–H and O–H groups in total. The summed E-state index contributed by atoms with van der Waals surface area (Å²) in [5.41, 5.74) is 0. The summed E-state index contributed by atoms with van der Waals surface area (Å²) in [6.07, 6.45) is 17.7. The fourth-order valence-electron chi connectivity index (χ4n) is 2.25.